The van der Waals surface area contributed by atoms with E-state index in [1.807, 2.05) is 18.5 Å². The summed E-state index contributed by atoms with van der Waals surface area (Å²) in [5, 5.41) is 4.37. The fourth-order valence-corrected chi connectivity index (χ4v) is 4.20. The second-order valence-corrected chi connectivity index (χ2v) is 8.48. The van der Waals surface area contributed by atoms with E-state index >= 15 is 0 Å². The molecule has 2 aliphatic rings. The molecule has 2 atom stereocenters. The molecule has 130 valence electrons. The van der Waals surface area contributed by atoms with Gasteiger partial charge in [-0.2, -0.15) is 9.40 Å². The fourth-order valence-electron chi connectivity index (χ4n) is 3.33. The maximum atomic E-state index is 11.9. The maximum Gasteiger partial charge on any atom is 0.211 e. The summed E-state index contributed by atoms with van der Waals surface area (Å²) >= 11 is 0. The van der Waals surface area contributed by atoms with Crippen molar-refractivity contribution >= 4 is 10.0 Å². The average molecular weight is 344 g/mol. The van der Waals surface area contributed by atoms with Gasteiger partial charge >= 0.3 is 0 Å². The van der Waals surface area contributed by atoms with E-state index in [2.05, 4.69) is 10.1 Å². The summed E-state index contributed by atoms with van der Waals surface area (Å²) in [5.41, 5.74) is -0.548. The molecule has 0 aliphatic carbocycles. The number of sulfonamides is 1. The second kappa shape index (κ2) is 6.12. The Balaban J connectivity index is 1.70. The monoisotopic (exact) mass is 344 g/mol. The average Bonchev–Trinajstić information content (AvgIpc) is 2.88. The fraction of sp³-hybridized carbons (Fsp3) is 0.857. The Bertz CT molecular complexity index is 674. The van der Waals surface area contributed by atoms with E-state index in [-0.39, 0.29) is 6.10 Å². The molecule has 2 saturated heterocycles. The minimum atomic E-state index is -3.25. The molecule has 8 nitrogen and oxygen atoms in total. The summed E-state index contributed by atoms with van der Waals surface area (Å²) in [6, 6.07) is 0. The normalized spacial score (nSPS) is 30.0. The van der Waals surface area contributed by atoms with Crippen molar-refractivity contribution in [2.75, 3.05) is 32.6 Å². The Hall–Kier alpha value is -1.03. The van der Waals surface area contributed by atoms with Crippen LogP contribution in [-0.2, 0) is 26.0 Å². The van der Waals surface area contributed by atoms with Gasteiger partial charge in [-0.15, -0.1) is 0 Å². The zero-order valence-electron chi connectivity index (χ0n) is 13.9. The van der Waals surface area contributed by atoms with Crippen molar-refractivity contribution in [3.8, 4) is 0 Å². The Morgan fingerprint density at radius 2 is 2.17 bits per heavy atom. The van der Waals surface area contributed by atoms with Crippen molar-refractivity contribution in [2.24, 2.45) is 0 Å². The molecule has 3 rings (SSSR count). The van der Waals surface area contributed by atoms with Crippen molar-refractivity contribution in [3.05, 3.63) is 11.6 Å². The van der Waals surface area contributed by atoms with Gasteiger partial charge in [0.2, 0.25) is 10.0 Å². The number of ether oxygens (including phenoxy) is 2. The molecular weight excluding hydrogens is 320 g/mol. The molecule has 2 fully saturated rings. The lowest BCUT2D eigenvalue weighted by atomic mass is 10.0. The molecule has 23 heavy (non-hydrogen) atoms. The molecule has 0 amide bonds. The van der Waals surface area contributed by atoms with Gasteiger partial charge in [0.15, 0.2) is 0 Å². The highest BCUT2D eigenvalue weighted by Crippen LogP contribution is 2.34. The topological polar surface area (TPSA) is 86.6 Å². The zero-order chi connectivity index (χ0) is 16.7. The minimum absolute atomic E-state index is 0.00193. The van der Waals surface area contributed by atoms with E-state index in [9.17, 15) is 8.42 Å². The zero-order valence-corrected chi connectivity index (χ0v) is 14.7. The van der Waals surface area contributed by atoms with Gasteiger partial charge in [0.1, 0.15) is 17.2 Å². The van der Waals surface area contributed by atoms with Crippen LogP contribution >= 0.6 is 0 Å². The number of rotatable bonds is 3. The summed E-state index contributed by atoms with van der Waals surface area (Å²) in [7, 11) is -3.25. The molecule has 2 unspecified atom stereocenters. The third kappa shape index (κ3) is 3.73. The molecule has 1 aromatic rings. The highest BCUT2D eigenvalue weighted by molar-refractivity contribution is 7.88. The largest absolute Gasteiger partial charge is 0.377 e. The van der Waals surface area contributed by atoms with Crippen molar-refractivity contribution in [2.45, 2.75) is 44.9 Å². The van der Waals surface area contributed by atoms with Crippen molar-refractivity contribution < 1.29 is 17.9 Å². The van der Waals surface area contributed by atoms with Crippen LogP contribution in [0.15, 0.2) is 0 Å². The summed E-state index contributed by atoms with van der Waals surface area (Å²) in [6.45, 7) is 6.00. The maximum absolute atomic E-state index is 11.9. The van der Waals surface area contributed by atoms with Gasteiger partial charge in [0, 0.05) is 13.1 Å². The number of aryl methyl sites for hydroxylation is 2. The van der Waals surface area contributed by atoms with Crippen LogP contribution in [0, 0.1) is 13.8 Å². The molecule has 9 heteroatoms. The van der Waals surface area contributed by atoms with Crippen LogP contribution in [0.25, 0.3) is 0 Å². The van der Waals surface area contributed by atoms with Gasteiger partial charge < -0.3 is 9.47 Å². The lowest BCUT2D eigenvalue weighted by Crippen LogP contribution is -2.46. The van der Waals surface area contributed by atoms with E-state index < -0.39 is 15.6 Å². The first-order valence-electron chi connectivity index (χ1n) is 7.86. The van der Waals surface area contributed by atoms with Crippen molar-refractivity contribution in [1.29, 1.82) is 0 Å². The van der Waals surface area contributed by atoms with Crippen LogP contribution in [0.5, 0.6) is 0 Å². The van der Waals surface area contributed by atoms with E-state index in [1.54, 1.807) is 0 Å². The molecule has 1 aromatic heterocycles. The third-order valence-corrected chi connectivity index (χ3v) is 5.71. The molecule has 0 bridgehead atoms. The van der Waals surface area contributed by atoms with Gasteiger partial charge in [-0.05, 0) is 26.7 Å². The van der Waals surface area contributed by atoms with Gasteiger partial charge in [0.25, 0.3) is 0 Å². The Kier molecular flexibility index (Phi) is 4.47. The van der Waals surface area contributed by atoms with Gasteiger partial charge in [0.05, 0.1) is 32.1 Å². The van der Waals surface area contributed by atoms with Gasteiger partial charge in [-0.25, -0.2) is 18.1 Å². The van der Waals surface area contributed by atoms with Crippen molar-refractivity contribution in [1.82, 2.24) is 19.1 Å². The molecule has 0 aromatic carbocycles. The summed E-state index contributed by atoms with van der Waals surface area (Å²) in [5.74, 6) is 1.61. The first kappa shape index (κ1) is 16.8. The van der Waals surface area contributed by atoms with Crippen LogP contribution in [0.2, 0.25) is 0 Å². The van der Waals surface area contributed by atoms with Gasteiger partial charge in [-0.1, -0.05) is 0 Å². The SMILES string of the molecule is Cc1nc(C)n(CC2CCC3(COCCN(S(C)(=O)=O)C3)O2)n1. The van der Waals surface area contributed by atoms with Crippen LogP contribution in [0.1, 0.15) is 24.5 Å². The second-order valence-electron chi connectivity index (χ2n) is 6.50. The number of hydrogen-bond acceptors (Lipinski definition) is 6. The molecule has 0 N–H and O–H groups in total. The summed E-state index contributed by atoms with van der Waals surface area (Å²) in [6.07, 6.45) is 2.88. The lowest BCUT2D eigenvalue weighted by molar-refractivity contribution is -0.0861. The van der Waals surface area contributed by atoms with Crippen LogP contribution in [0.3, 0.4) is 0 Å². The Labute approximate surface area is 136 Å². The standard InChI is InChI=1S/C14H24N4O4S/c1-11-15-12(2)18(16-11)8-13-4-5-14(22-13)9-17(23(3,19)20)6-7-21-10-14/h13H,4-10H2,1-3H3. The predicted octanol–water partition coefficient (Wildman–Crippen LogP) is 0.105. The van der Waals surface area contributed by atoms with E-state index in [0.717, 1.165) is 24.5 Å². The van der Waals surface area contributed by atoms with Gasteiger partial charge in [-0.3, -0.25) is 0 Å². The molecule has 1 spiro atoms. The minimum Gasteiger partial charge on any atom is -0.377 e. The van der Waals surface area contributed by atoms with E-state index in [0.29, 0.717) is 32.8 Å². The first-order valence-corrected chi connectivity index (χ1v) is 9.71. The Morgan fingerprint density at radius 1 is 1.39 bits per heavy atom. The number of hydrogen-bond donors (Lipinski definition) is 0. The molecular formula is C14H24N4O4S. The highest BCUT2D eigenvalue weighted by Gasteiger charge is 2.44. The molecule has 3 heterocycles. The van der Waals surface area contributed by atoms with E-state index in [1.165, 1.54) is 10.6 Å². The summed E-state index contributed by atoms with van der Waals surface area (Å²) in [4.78, 5) is 4.30. The predicted molar refractivity (Wildman–Crippen MR) is 83.6 cm³/mol. The van der Waals surface area contributed by atoms with Crippen molar-refractivity contribution in [3.63, 3.8) is 0 Å². The highest BCUT2D eigenvalue weighted by atomic mass is 32.2. The van der Waals surface area contributed by atoms with Crippen LogP contribution in [-0.4, -0.2) is 71.8 Å². The van der Waals surface area contributed by atoms with E-state index in [4.69, 9.17) is 9.47 Å². The molecule has 2 aliphatic heterocycles. The molecule has 0 radical (unpaired) electrons. The Morgan fingerprint density at radius 3 is 2.83 bits per heavy atom. The van der Waals surface area contributed by atoms with Crippen LogP contribution < -0.4 is 0 Å². The smallest absolute Gasteiger partial charge is 0.211 e. The summed E-state index contributed by atoms with van der Waals surface area (Å²) < 4.78 is 39.0. The number of aromatic nitrogens is 3. The quantitative estimate of drug-likeness (QED) is 0.773. The first-order chi connectivity index (χ1) is 10.8. The third-order valence-electron chi connectivity index (χ3n) is 4.46. The number of nitrogens with zero attached hydrogens (tertiary/aromatic N) is 4. The van der Waals surface area contributed by atoms with Crippen LogP contribution in [0.4, 0.5) is 0 Å². The molecule has 0 saturated carbocycles. The lowest BCUT2D eigenvalue weighted by Gasteiger charge is -2.30.